The van der Waals surface area contributed by atoms with Gasteiger partial charge in [0.1, 0.15) is 0 Å². The van der Waals surface area contributed by atoms with E-state index in [2.05, 4.69) is 6.92 Å². The van der Waals surface area contributed by atoms with Crippen LogP contribution in [-0.4, -0.2) is 24.8 Å². The fourth-order valence-electron chi connectivity index (χ4n) is 2.99. The van der Waals surface area contributed by atoms with Crippen molar-refractivity contribution in [2.75, 3.05) is 6.61 Å². The molecular weight excluding hydrogens is 192 g/mol. The van der Waals surface area contributed by atoms with E-state index in [1.54, 1.807) is 0 Å². The Morgan fingerprint density at radius 3 is 3.00 bits per heavy atom. The van der Waals surface area contributed by atoms with Crippen molar-refractivity contribution in [1.29, 1.82) is 0 Å². The van der Waals surface area contributed by atoms with Crippen molar-refractivity contribution in [3.8, 4) is 0 Å². The van der Waals surface area contributed by atoms with E-state index >= 15 is 0 Å². The summed E-state index contributed by atoms with van der Waals surface area (Å²) in [5, 5.41) is 0. The van der Waals surface area contributed by atoms with Gasteiger partial charge in [0.05, 0.1) is 24.7 Å². The van der Waals surface area contributed by atoms with Crippen molar-refractivity contribution < 1.29 is 14.3 Å². The monoisotopic (exact) mass is 212 g/mol. The van der Waals surface area contributed by atoms with Crippen LogP contribution in [0.4, 0.5) is 0 Å². The Kier molecular flexibility index (Phi) is 3.29. The fourth-order valence-corrected chi connectivity index (χ4v) is 2.99. The van der Waals surface area contributed by atoms with Gasteiger partial charge in [0.2, 0.25) is 0 Å². The summed E-state index contributed by atoms with van der Waals surface area (Å²) in [6, 6.07) is 0. The fraction of sp³-hybridized carbons (Fsp3) is 0.917. The van der Waals surface area contributed by atoms with Crippen molar-refractivity contribution in [3.05, 3.63) is 0 Å². The average molecular weight is 212 g/mol. The second kappa shape index (κ2) is 4.52. The summed E-state index contributed by atoms with van der Waals surface area (Å²) in [5.41, 5.74) is 0. The summed E-state index contributed by atoms with van der Waals surface area (Å²) in [6.45, 7) is 4.45. The molecule has 1 aliphatic carbocycles. The molecule has 1 aliphatic heterocycles. The Bertz CT molecular complexity index is 239. The van der Waals surface area contributed by atoms with E-state index < -0.39 is 0 Å². The molecule has 1 saturated heterocycles. The highest BCUT2D eigenvalue weighted by molar-refractivity contribution is 5.73. The maximum atomic E-state index is 11.8. The van der Waals surface area contributed by atoms with Gasteiger partial charge in [0.15, 0.2) is 0 Å². The molecule has 0 radical (unpaired) electrons. The number of carbonyl (C=O) groups excluding carboxylic acids is 1. The Balaban J connectivity index is 2.02. The molecule has 1 heterocycles. The molecule has 0 bridgehead atoms. The number of esters is 1. The van der Waals surface area contributed by atoms with Gasteiger partial charge in [-0.15, -0.1) is 0 Å². The Hall–Kier alpha value is -0.570. The lowest BCUT2D eigenvalue weighted by Crippen LogP contribution is -2.35. The molecule has 0 amide bonds. The zero-order valence-electron chi connectivity index (χ0n) is 9.57. The number of carbonyl (C=O) groups is 1. The van der Waals surface area contributed by atoms with Gasteiger partial charge in [-0.3, -0.25) is 4.79 Å². The minimum absolute atomic E-state index is 0.00935. The number of ether oxygens (including phenoxy) is 2. The van der Waals surface area contributed by atoms with Gasteiger partial charge >= 0.3 is 5.97 Å². The zero-order valence-corrected chi connectivity index (χ0v) is 9.57. The first-order chi connectivity index (χ1) is 7.22. The van der Waals surface area contributed by atoms with E-state index in [-0.39, 0.29) is 11.9 Å². The predicted molar refractivity (Wildman–Crippen MR) is 56.4 cm³/mol. The maximum Gasteiger partial charge on any atom is 0.309 e. The van der Waals surface area contributed by atoms with Crippen molar-refractivity contribution >= 4 is 5.97 Å². The van der Waals surface area contributed by atoms with Crippen LogP contribution in [0, 0.1) is 11.8 Å². The second-order valence-electron chi connectivity index (χ2n) is 4.67. The molecule has 0 aromatic carbocycles. The minimum Gasteiger partial charge on any atom is -0.466 e. The van der Waals surface area contributed by atoms with Crippen LogP contribution in [0.1, 0.15) is 39.5 Å². The van der Waals surface area contributed by atoms with Gasteiger partial charge in [0.25, 0.3) is 0 Å². The molecule has 2 aliphatic rings. The minimum atomic E-state index is -0.00935. The van der Waals surface area contributed by atoms with E-state index in [0.29, 0.717) is 24.7 Å². The van der Waals surface area contributed by atoms with Crippen LogP contribution in [0.3, 0.4) is 0 Å². The van der Waals surface area contributed by atoms with Crippen LogP contribution in [0.15, 0.2) is 0 Å². The molecule has 15 heavy (non-hydrogen) atoms. The highest BCUT2D eigenvalue weighted by atomic mass is 16.5. The van der Waals surface area contributed by atoms with Crippen molar-refractivity contribution in [2.24, 2.45) is 11.8 Å². The first-order valence-electron chi connectivity index (χ1n) is 6.04. The molecule has 2 rings (SSSR count). The van der Waals surface area contributed by atoms with E-state index in [4.69, 9.17) is 9.47 Å². The summed E-state index contributed by atoms with van der Waals surface area (Å²) in [5.74, 6) is 0.492. The molecule has 86 valence electrons. The third kappa shape index (κ3) is 2.17. The van der Waals surface area contributed by atoms with Gasteiger partial charge < -0.3 is 9.47 Å². The molecule has 0 aromatic heterocycles. The van der Waals surface area contributed by atoms with Crippen molar-refractivity contribution in [2.45, 2.75) is 51.7 Å². The number of hydrogen-bond donors (Lipinski definition) is 0. The van der Waals surface area contributed by atoms with E-state index in [1.165, 1.54) is 0 Å². The predicted octanol–water partition coefficient (Wildman–Crippen LogP) is 2.14. The first kappa shape index (κ1) is 10.9. The summed E-state index contributed by atoms with van der Waals surface area (Å²) in [7, 11) is 0. The van der Waals surface area contributed by atoms with Gasteiger partial charge in [-0.25, -0.2) is 0 Å². The van der Waals surface area contributed by atoms with Crippen molar-refractivity contribution in [3.63, 3.8) is 0 Å². The van der Waals surface area contributed by atoms with Crippen LogP contribution in [0.2, 0.25) is 0 Å². The molecule has 2 fully saturated rings. The van der Waals surface area contributed by atoms with E-state index in [9.17, 15) is 4.79 Å². The van der Waals surface area contributed by atoms with E-state index in [1.807, 2.05) is 6.92 Å². The number of hydrogen-bond acceptors (Lipinski definition) is 3. The molecule has 0 spiro atoms. The summed E-state index contributed by atoms with van der Waals surface area (Å²) >= 11 is 0. The SMILES string of the molecule is CCOC(=O)[C@@H]1CCC[C@@H]2O[C@H](C)C[C@@H]21. The first-order valence-corrected chi connectivity index (χ1v) is 6.04. The standard InChI is InChI=1S/C12H20O3/c1-3-14-12(13)9-5-4-6-11-10(9)7-8(2)15-11/h8-11H,3-7H2,1-2H3/t8-,9-,10-,11+/m1/s1. The lowest BCUT2D eigenvalue weighted by atomic mass is 9.76. The Morgan fingerprint density at radius 2 is 2.27 bits per heavy atom. The molecule has 3 nitrogen and oxygen atoms in total. The zero-order chi connectivity index (χ0) is 10.8. The Labute approximate surface area is 91.1 Å². The third-order valence-electron chi connectivity index (χ3n) is 3.60. The molecule has 4 atom stereocenters. The lowest BCUT2D eigenvalue weighted by Gasteiger charge is -2.30. The van der Waals surface area contributed by atoms with Gasteiger partial charge in [-0.1, -0.05) is 0 Å². The van der Waals surface area contributed by atoms with Crippen LogP contribution < -0.4 is 0 Å². The summed E-state index contributed by atoms with van der Waals surface area (Å²) < 4.78 is 10.9. The van der Waals surface area contributed by atoms with Crippen LogP contribution in [0.25, 0.3) is 0 Å². The van der Waals surface area contributed by atoms with Crippen LogP contribution >= 0.6 is 0 Å². The molecule has 1 saturated carbocycles. The van der Waals surface area contributed by atoms with Crippen LogP contribution in [0.5, 0.6) is 0 Å². The largest absolute Gasteiger partial charge is 0.466 e. The topological polar surface area (TPSA) is 35.5 Å². The summed E-state index contributed by atoms with van der Waals surface area (Å²) in [4.78, 5) is 11.8. The molecule has 0 unspecified atom stereocenters. The van der Waals surface area contributed by atoms with E-state index in [0.717, 1.165) is 25.7 Å². The highest BCUT2D eigenvalue weighted by Crippen LogP contribution is 2.41. The third-order valence-corrected chi connectivity index (χ3v) is 3.60. The van der Waals surface area contributed by atoms with Crippen molar-refractivity contribution in [1.82, 2.24) is 0 Å². The Morgan fingerprint density at radius 1 is 1.47 bits per heavy atom. The molecule has 0 aromatic rings. The van der Waals surface area contributed by atoms with Gasteiger partial charge in [-0.05, 0) is 39.5 Å². The van der Waals surface area contributed by atoms with Crippen LogP contribution in [-0.2, 0) is 14.3 Å². The number of fused-ring (bicyclic) bond motifs is 1. The lowest BCUT2D eigenvalue weighted by molar-refractivity contribution is -0.152. The molecule has 0 N–H and O–H groups in total. The smallest absolute Gasteiger partial charge is 0.309 e. The maximum absolute atomic E-state index is 11.8. The normalized spacial score (nSPS) is 39.9. The summed E-state index contributed by atoms with van der Waals surface area (Å²) in [6.07, 6.45) is 4.84. The quantitative estimate of drug-likeness (QED) is 0.658. The average Bonchev–Trinajstić information content (AvgIpc) is 2.57. The molecule has 3 heteroatoms. The highest BCUT2D eigenvalue weighted by Gasteiger charge is 2.44. The second-order valence-corrected chi connectivity index (χ2v) is 4.67. The van der Waals surface area contributed by atoms with Gasteiger partial charge in [-0.2, -0.15) is 0 Å². The molecular formula is C12H20O3. The number of rotatable bonds is 2. The van der Waals surface area contributed by atoms with Gasteiger partial charge in [0, 0.05) is 5.92 Å².